The summed E-state index contributed by atoms with van der Waals surface area (Å²) in [5.74, 6) is -3.04. The van der Waals surface area contributed by atoms with Crippen molar-refractivity contribution in [3.05, 3.63) is 0 Å². The predicted molar refractivity (Wildman–Crippen MR) is 60.9 cm³/mol. The van der Waals surface area contributed by atoms with E-state index in [-0.39, 0.29) is 0 Å². The van der Waals surface area contributed by atoms with Crippen LogP contribution in [-0.2, 0) is 9.59 Å². The van der Waals surface area contributed by atoms with E-state index in [2.05, 4.69) is 6.92 Å². The Morgan fingerprint density at radius 1 is 1.29 bits per heavy atom. The molecule has 96 valence electrons. The van der Waals surface area contributed by atoms with E-state index in [9.17, 15) is 19.8 Å². The number of carboxylic acids is 2. The maximum absolute atomic E-state index is 11.0. The molecule has 2 unspecified atom stereocenters. The standard InChI is InChI=1S/C10H16O4.C2H5.Bi/c1-9(2)6(7(11)12)4-5-10(9,3)8(13)14;1-2;/h6H,4-5H2,1-3H3,(H,11,12)(H,13,14);1H2,2H3;/q;;+2/p-2. The second-order valence-corrected chi connectivity index (χ2v) is 7.53. The first kappa shape index (κ1) is 16.8. The molecule has 1 fully saturated rings. The quantitative estimate of drug-likeness (QED) is 0.548. The Balaban J connectivity index is 0.000000770. The zero-order valence-electron chi connectivity index (χ0n) is 10.8. The van der Waals surface area contributed by atoms with Crippen LogP contribution in [-0.4, -0.2) is 36.7 Å². The molecule has 17 heavy (non-hydrogen) atoms. The van der Waals surface area contributed by atoms with E-state index < -0.39 is 28.7 Å². The second kappa shape index (κ2) is 6.13. The average Bonchev–Trinajstić information content (AvgIpc) is 2.40. The van der Waals surface area contributed by atoms with Crippen LogP contribution in [0.15, 0.2) is 0 Å². The fourth-order valence-corrected chi connectivity index (χ4v) is 2.28. The van der Waals surface area contributed by atoms with Crippen molar-refractivity contribution in [3.8, 4) is 0 Å². The topological polar surface area (TPSA) is 80.3 Å². The van der Waals surface area contributed by atoms with Gasteiger partial charge in [-0.15, -0.1) is 0 Å². The van der Waals surface area contributed by atoms with Crippen LogP contribution in [0.3, 0.4) is 0 Å². The Morgan fingerprint density at radius 2 is 1.71 bits per heavy atom. The van der Waals surface area contributed by atoms with Gasteiger partial charge in [0.15, 0.2) is 0 Å². The van der Waals surface area contributed by atoms with Crippen molar-refractivity contribution < 1.29 is 19.8 Å². The number of rotatable bonds is 2. The molecule has 0 amide bonds. The maximum atomic E-state index is 11.0. The van der Waals surface area contributed by atoms with Crippen LogP contribution in [0.25, 0.3) is 0 Å². The van der Waals surface area contributed by atoms with Gasteiger partial charge in [0.25, 0.3) is 0 Å². The first-order valence-corrected chi connectivity index (χ1v) is 8.14. The van der Waals surface area contributed by atoms with Crippen LogP contribution in [0, 0.1) is 16.7 Å². The summed E-state index contributed by atoms with van der Waals surface area (Å²) in [4.78, 5) is 21.8. The Morgan fingerprint density at radius 3 is 1.88 bits per heavy atom. The van der Waals surface area contributed by atoms with Crippen LogP contribution in [0.2, 0.25) is 4.13 Å². The first-order chi connectivity index (χ1) is 7.65. The van der Waals surface area contributed by atoms with Gasteiger partial charge in [-0.3, -0.25) is 0 Å². The van der Waals surface area contributed by atoms with Crippen LogP contribution >= 0.6 is 0 Å². The molecule has 1 rings (SSSR count). The number of hydrogen-bond acceptors (Lipinski definition) is 4. The van der Waals surface area contributed by atoms with Gasteiger partial charge in [0.1, 0.15) is 0 Å². The molecule has 0 saturated heterocycles. The van der Waals surface area contributed by atoms with E-state index in [1.807, 2.05) is 0 Å². The number of carbonyl (C=O) groups is 2. The summed E-state index contributed by atoms with van der Waals surface area (Å²) in [6.45, 7) is 7.02. The van der Waals surface area contributed by atoms with E-state index in [0.717, 1.165) is 0 Å². The minimum absolute atomic E-state index is 0.334. The predicted octanol–water partition coefficient (Wildman–Crippen LogP) is -0.478. The number of hydrogen-bond donors (Lipinski definition) is 0. The number of carboxylic acid groups (broad SMARTS) is 2. The Bertz CT molecular complexity index is 301. The van der Waals surface area contributed by atoms with Gasteiger partial charge >= 0.3 is 35.8 Å². The van der Waals surface area contributed by atoms with Gasteiger partial charge in [-0.05, 0) is 18.3 Å². The van der Waals surface area contributed by atoms with Crippen LogP contribution in [0.4, 0.5) is 0 Å². The molecule has 0 spiro atoms. The summed E-state index contributed by atoms with van der Waals surface area (Å²) in [5.41, 5.74) is -1.89. The van der Waals surface area contributed by atoms with Crippen molar-refractivity contribution in [2.75, 3.05) is 0 Å². The molecule has 5 heteroatoms. The zero-order valence-corrected chi connectivity index (χ0v) is 14.3. The molecule has 0 aromatic heterocycles. The van der Waals surface area contributed by atoms with Crippen LogP contribution < -0.4 is 10.2 Å². The van der Waals surface area contributed by atoms with Crippen molar-refractivity contribution >= 4 is 36.7 Å². The monoisotopic (exact) mass is 436 g/mol. The summed E-state index contributed by atoms with van der Waals surface area (Å²) >= 11 is 1.52. The molecule has 1 aliphatic carbocycles. The molecule has 1 aliphatic rings. The van der Waals surface area contributed by atoms with Gasteiger partial charge < -0.3 is 19.8 Å². The molecule has 0 aromatic rings. The Kier molecular flexibility index (Phi) is 6.06. The van der Waals surface area contributed by atoms with Crippen molar-refractivity contribution in [1.82, 2.24) is 0 Å². The van der Waals surface area contributed by atoms with E-state index in [1.165, 1.54) is 28.8 Å². The molecule has 2 radical (unpaired) electrons. The summed E-state index contributed by atoms with van der Waals surface area (Å²) < 4.78 is 1.36. The Hall–Kier alpha value is -0.177. The first-order valence-electron chi connectivity index (χ1n) is 5.68. The van der Waals surface area contributed by atoms with Gasteiger partial charge in [-0.2, -0.15) is 0 Å². The zero-order chi connectivity index (χ0) is 13.9. The molecule has 2 atom stereocenters. The van der Waals surface area contributed by atoms with Crippen LogP contribution in [0.1, 0.15) is 40.5 Å². The molecule has 0 N–H and O–H groups in total. The van der Waals surface area contributed by atoms with Crippen molar-refractivity contribution in [1.29, 1.82) is 0 Å². The van der Waals surface area contributed by atoms with Crippen LogP contribution in [0.5, 0.6) is 0 Å². The Labute approximate surface area is 118 Å². The summed E-state index contributed by atoms with van der Waals surface area (Å²) in [7, 11) is 0. The third-order valence-corrected chi connectivity index (χ3v) is 3.96. The third kappa shape index (κ3) is 3.18. The summed E-state index contributed by atoms with van der Waals surface area (Å²) in [5, 5.41) is 21.8. The molecule has 1 saturated carbocycles. The van der Waals surface area contributed by atoms with E-state index in [4.69, 9.17) is 0 Å². The average molecular weight is 436 g/mol. The van der Waals surface area contributed by atoms with Gasteiger partial charge in [-0.1, -0.05) is 20.8 Å². The van der Waals surface area contributed by atoms with Gasteiger partial charge in [0.2, 0.25) is 0 Å². The van der Waals surface area contributed by atoms with Gasteiger partial charge in [0.05, 0.1) is 0 Å². The number of carbonyl (C=O) groups excluding carboxylic acids is 2. The van der Waals surface area contributed by atoms with E-state index in [0.29, 0.717) is 12.8 Å². The molecule has 4 nitrogen and oxygen atoms in total. The van der Waals surface area contributed by atoms with Crippen molar-refractivity contribution in [2.24, 2.45) is 16.7 Å². The molecular weight excluding hydrogens is 417 g/mol. The summed E-state index contributed by atoms with van der Waals surface area (Å²) in [6, 6.07) is 0. The van der Waals surface area contributed by atoms with Gasteiger partial charge in [-0.25, -0.2) is 0 Å². The van der Waals surface area contributed by atoms with Crippen molar-refractivity contribution in [3.63, 3.8) is 0 Å². The molecule has 0 heterocycles. The minimum atomic E-state index is -1.17. The second-order valence-electron chi connectivity index (χ2n) is 5.07. The summed E-state index contributed by atoms with van der Waals surface area (Å²) in [6.07, 6.45) is 0.681. The van der Waals surface area contributed by atoms with Crippen molar-refractivity contribution in [2.45, 2.75) is 44.7 Å². The number of aliphatic carboxylic acids is 2. The fraction of sp³-hybridized carbons (Fsp3) is 0.833. The molecule has 0 aliphatic heterocycles. The molecule has 0 aromatic carbocycles. The third-order valence-electron chi connectivity index (χ3n) is 3.96. The normalized spacial score (nSPS) is 30.2. The molecular formula is C12H19BiO4. The van der Waals surface area contributed by atoms with E-state index >= 15 is 0 Å². The van der Waals surface area contributed by atoms with E-state index in [1.54, 1.807) is 20.8 Å². The molecule has 0 bridgehead atoms. The SMILES string of the molecule is CC1(C(=O)[O-])CCC(C(=O)[O-])C1(C)C.C[CH2][Bi+2]. The fourth-order valence-electron chi connectivity index (χ4n) is 2.28. The van der Waals surface area contributed by atoms with Gasteiger partial charge in [0, 0.05) is 23.3 Å².